The van der Waals surface area contributed by atoms with Gasteiger partial charge in [0.05, 0.1) is 23.0 Å². The van der Waals surface area contributed by atoms with Crippen molar-refractivity contribution in [3.8, 4) is 0 Å². The van der Waals surface area contributed by atoms with E-state index in [1.165, 1.54) is 11.8 Å². The number of thioether (sulfide) groups is 1. The average molecular weight is 484 g/mol. The maximum atomic E-state index is 12.9. The van der Waals surface area contributed by atoms with Crippen LogP contribution >= 0.6 is 11.8 Å². The summed E-state index contributed by atoms with van der Waals surface area (Å²) in [4.78, 5) is 29.8. The van der Waals surface area contributed by atoms with E-state index >= 15 is 0 Å². The number of nitrogens with one attached hydrogen (secondary N) is 3. The zero-order valence-electron chi connectivity index (χ0n) is 19.1. The van der Waals surface area contributed by atoms with Crippen LogP contribution in [-0.2, 0) is 4.79 Å². The van der Waals surface area contributed by atoms with Crippen LogP contribution in [0.2, 0.25) is 0 Å². The van der Waals surface area contributed by atoms with Crippen LogP contribution in [0.5, 0.6) is 0 Å². The monoisotopic (exact) mass is 483 g/mol. The van der Waals surface area contributed by atoms with E-state index in [0.717, 1.165) is 11.1 Å². The summed E-state index contributed by atoms with van der Waals surface area (Å²) in [5, 5.41) is 13.3. The molecule has 1 heterocycles. The van der Waals surface area contributed by atoms with E-state index in [9.17, 15) is 9.59 Å². The van der Waals surface area contributed by atoms with Gasteiger partial charge in [-0.15, -0.1) is 5.10 Å². The summed E-state index contributed by atoms with van der Waals surface area (Å²) in [6.07, 6.45) is 3.76. The molecule has 1 aromatic heterocycles. The number of hydrogen-bond acceptors (Lipinski definition) is 5. The maximum Gasteiger partial charge on any atom is 0.253 e. The number of nitrogens with zero attached hydrogens (tertiary/aromatic N) is 2. The molecule has 3 aromatic carbocycles. The molecule has 0 saturated carbocycles. The molecule has 0 aliphatic rings. The number of H-pyrrole nitrogens is 1. The van der Waals surface area contributed by atoms with E-state index in [2.05, 4.69) is 25.8 Å². The Hall–Kier alpha value is -4.17. The zero-order valence-corrected chi connectivity index (χ0v) is 20.0. The van der Waals surface area contributed by atoms with Crippen LogP contribution in [0, 0.1) is 0 Å². The second kappa shape index (κ2) is 11.8. The number of aromatic amines is 1. The molecular formula is C27H25N5O2S. The maximum absolute atomic E-state index is 12.9. The minimum atomic E-state index is -0.256. The fourth-order valence-electron chi connectivity index (χ4n) is 3.34. The summed E-state index contributed by atoms with van der Waals surface area (Å²) in [7, 11) is 0. The molecule has 1 unspecified atom stereocenters. The van der Waals surface area contributed by atoms with Crippen molar-refractivity contribution < 1.29 is 9.59 Å². The first kappa shape index (κ1) is 24.0. The van der Waals surface area contributed by atoms with Crippen molar-refractivity contribution in [2.75, 3.05) is 11.1 Å². The van der Waals surface area contributed by atoms with Gasteiger partial charge in [-0.3, -0.25) is 14.7 Å². The topological polar surface area (TPSA) is 99.8 Å². The number of aromatic nitrogens is 3. The van der Waals surface area contributed by atoms with Gasteiger partial charge < -0.3 is 10.6 Å². The molecule has 7 nitrogen and oxygen atoms in total. The summed E-state index contributed by atoms with van der Waals surface area (Å²) in [6, 6.07) is 26.4. The minimum absolute atomic E-state index is 0.107. The molecule has 0 bridgehead atoms. The highest BCUT2D eigenvalue weighted by atomic mass is 32.2. The van der Waals surface area contributed by atoms with E-state index in [4.69, 9.17) is 0 Å². The lowest BCUT2D eigenvalue weighted by atomic mass is 10.1. The van der Waals surface area contributed by atoms with Crippen molar-refractivity contribution in [3.63, 3.8) is 0 Å². The lowest BCUT2D eigenvalue weighted by Gasteiger charge is -2.16. The van der Waals surface area contributed by atoms with Gasteiger partial charge in [-0.2, -0.15) is 0 Å². The molecule has 0 spiro atoms. The van der Waals surface area contributed by atoms with Gasteiger partial charge in [-0.1, -0.05) is 90.6 Å². The third-order valence-corrected chi connectivity index (χ3v) is 5.99. The number of rotatable bonds is 9. The summed E-state index contributed by atoms with van der Waals surface area (Å²) in [6.45, 7) is 1.92. The molecule has 0 fully saturated rings. The van der Waals surface area contributed by atoms with Crippen molar-refractivity contribution in [1.82, 2.24) is 20.5 Å². The van der Waals surface area contributed by atoms with Crippen LogP contribution in [0.15, 0.2) is 90.1 Å². The van der Waals surface area contributed by atoms with Crippen molar-refractivity contribution in [3.05, 3.63) is 107 Å². The highest BCUT2D eigenvalue weighted by Gasteiger charge is 2.16. The normalized spacial score (nSPS) is 11.8. The van der Waals surface area contributed by atoms with Crippen LogP contribution in [0.4, 0.5) is 5.69 Å². The number of para-hydroxylation sites is 1. The average Bonchev–Trinajstić information content (AvgIpc) is 3.35. The van der Waals surface area contributed by atoms with Crippen LogP contribution in [-0.4, -0.2) is 32.7 Å². The van der Waals surface area contributed by atoms with Crippen LogP contribution in [0.25, 0.3) is 12.2 Å². The van der Waals surface area contributed by atoms with Crippen LogP contribution < -0.4 is 10.6 Å². The predicted octanol–water partition coefficient (Wildman–Crippen LogP) is 5.20. The Balaban J connectivity index is 1.32. The summed E-state index contributed by atoms with van der Waals surface area (Å²) >= 11 is 1.21. The van der Waals surface area contributed by atoms with Crippen molar-refractivity contribution in [2.45, 2.75) is 18.1 Å². The van der Waals surface area contributed by atoms with E-state index in [-0.39, 0.29) is 23.6 Å². The number of anilines is 1. The third kappa shape index (κ3) is 6.91. The Morgan fingerprint density at radius 1 is 0.943 bits per heavy atom. The SMILES string of the molecule is CC(NC(=O)c1ccccc1NC(=O)CSc1n[nH]c(/C=C/c2ccccc2)n1)c1ccccc1. The lowest BCUT2D eigenvalue weighted by Crippen LogP contribution is -2.28. The standard InChI is InChI=1S/C27H25N5O2S/c1-19(21-12-6-3-7-13-21)28-26(34)22-14-8-9-15-23(22)29-25(33)18-35-27-30-24(31-32-27)17-16-20-10-4-2-5-11-20/h2-17,19H,18H2,1H3,(H,28,34)(H,29,33)(H,30,31,32)/b17-16+. The fourth-order valence-corrected chi connectivity index (χ4v) is 3.95. The van der Waals surface area contributed by atoms with Crippen molar-refractivity contribution in [2.24, 2.45) is 0 Å². The Kier molecular flexibility index (Phi) is 8.08. The minimum Gasteiger partial charge on any atom is -0.345 e. The van der Waals surface area contributed by atoms with Gasteiger partial charge in [-0.25, -0.2) is 4.98 Å². The Labute approximate surface area is 208 Å². The Bertz CT molecular complexity index is 1310. The van der Waals surface area contributed by atoms with Gasteiger partial charge in [-0.05, 0) is 36.3 Å². The van der Waals surface area contributed by atoms with Gasteiger partial charge in [0.15, 0.2) is 0 Å². The van der Waals surface area contributed by atoms with Gasteiger partial charge in [0.25, 0.3) is 5.91 Å². The number of benzene rings is 3. The summed E-state index contributed by atoms with van der Waals surface area (Å²) in [5.74, 6) is 0.202. The van der Waals surface area contributed by atoms with E-state index in [1.807, 2.05) is 79.7 Å². The molecule has 4 rings (SSSR count). The first-order valence-electron chi connectivity index (χ1n) is 11.1. The number of carbonyl (C=O) groups excluding carboxylic acids is 2. The highest BCUT2D eigenvalue weighted by molar-refractivity contribution is 7.99. The summed E-state index contributed by atoms with van der Waals surface area (Å²) < 4.78 is 0. The number of hydrogen-bond donors (Lipinski definition) is 3. The molecule has 0 aliphatic carbocycles. The van der Waals surface area contributed by atoms with Crippen molar-refractivity contribution >= 4 is 41.4 Å². The molecule has 4 aromatic rings. The van der Waals surface area contributed by atoms with Gasteiger partial charge >= 0.3 is 0 Å². The molecule has 35 heavy (non-hydrogen) atoms. The Morgan fingerprint density at radius 2 is 1.63 bits per heavy atom. The molecule has 3 N–H and O–H groups in total. The molecular weight excluding hydrogens is 458 g/mol. The molecule has 1 atom stereocenters. The largest absolute Gasteiger partial charge is 0.345 e. The summed E-state index contributed by atoms with van der Waals surface area (Å²) in [5.41, 5.74) is 2.92. The van der Waals surface area contributed by atoms with Gasteiger partial charge in [0.2, 0.25) is 11.1 Å². The second-order valence-corrected chi connectivity index (χ2v) is 8.68. The van der Waals surface area contributed by atoms with Crippen LogP contribution in [0.3, 0.4) is 0 Å². The van der Waals surface area contributed by atoms with Crippen LogP contribution in [0.1, 0.15) is 40.3 Å². The smallest absolute Gasteiger partial charge is 0.253 e. The van der Waals surface area contributed by atoms with E-state index < -0.39 is 0 Å². The van der Waals surface area contributed by atoms with Gasteiger partial charge in [0.1, 0.15) is 5.82 Å². The number of amides is 2. The van der Waals surface area contributed by atoms with E-state index in [0.29, 0.717) is 22.2 Å². The molecule has 0 saturated heterocycles. The molecule has 8 heteroatoms. The van der Waals surface area contributed by atoms with E-state index in [1.54, 1.807) is 24.3 Å². The molecule has 176 valence electrons. The lowest BCUT2D eigenvalue weighted by molar-refractivity contribution is -0.113. The fraction of sp³-hybridized carbons (Fsp3) is 0.111. The number of carbonyl (C=O) groups is 2. The highest BCUT2D eigenvalue weighted by Crippen LogP contribution is 2.19. The second-order valence-electron chi connectivity index (χ2n) is 7.74. The first-order valence-corrected chi connectivity index (χ1v) is 12.1. The van der Waals surface area contributed by atoms with Gasteiger partial charge in [0, 0.05) is 0 Å². The molecule has 0 radical (unpaired) electrons. The first-order chi connectivity index (χ1) is 17.1. The molecule has 2 amide bonds. The Morgan fingerprint density at radius 3 is 2.40 bits per heavy atom. The third-order valence-electron chi connectivity index (χ3n) is 5.14. The molecule has 0 aliphatic heterocycles. The van der Waals surface area contributed by atoms with Crippen molar-refractivity contribution in [1.29, 1.82) is 0 Å². The quantitative estimate of drug-likeness (QED) is 0.284. The zero-order chi connectivity index (χ0) is 24.5. The predicted molar refractivity (Wildman–Crippen MR) is 140 cm³/mol.